The predicted octanol–water partition coefficient (Wildman–Crippen LogP) is 0.715. The molecule has 0 saturated carbocycles. The van der Waals surface area contributed by atoms with Crippen LogP contribution in [-0.2, 0) is 6.54 Å². The van der Waals surface area contributed by atoms with Crippen molar-refractivity contribution in [2.45, 2.75) is 25.3 Å². The van der Waals surface area contributed by atoms with Crippen molar-refractivity contribution in [3.05, 3.63) is 11.9 Å². The maximum absolute atomic E-state index is 12.2. The Hall–Kier alpha value is -0.970. The normalized spacial score (nSPS) is 18.6. The van der Waals surface area contributed by atoms with Gasteiger partial charge < -0.3 is 5.32 Å². The van der Waals surface area contributed by atoms with Crippen LogP contribution < -0.4 is 5.32 Å². The Labute approximate surface area is 82.5 Å². The zero-order chi connectivity index (χ0) is 9.80. The van der Waals surface area contributed by atoms with Crippen LogP contribution >= 0.6 is 0 Å². The average Bonchev–Trinajstić information content (AvgIpc) is 2.68. The van der Waals surface area contributed by atoms with Crippen LogP contribution in [0.1, 0.15) is 24.5 Å². The van der Waals surface area contributed by atoms with Crippen molar-refractivity contribution >= 4 is 0 Å². The van der Waals surface area contributed by atoms with E-state index in [1.165, 1.54) is 0 Å². The largest absolute Gasteiger partial charge is 0.317 e. The zero-order valence-electron chi connectivity index (χ0n) is 8.12. The van der Waals surface area contributed by atoms with E-state index in [2.05, 4.69) is 15.6 Å². The van der Waals surface area contributed by atoms with Crippen molar-refractivity contribution in [1.82, 2.24) is 20.3 Å². The Kier molecular flexibility index (Phi) is 3.08. The van der Waals surface area contributed by atoms with Gasteiger partial charge in [-0.1, -0.05) is 5.21 Å². The summed E-state index contributed by atoms with van der Waals surface area (Å²) in [6.07, 6.45) is 3.96. The minimum Gasteiger partial charge on any atom is -0.317 e. The van der Waals surface area contributed by atoms with E-state index in [0.717, 1.165) is 31.6 Å². The molecule has 1 aromatic rings. The van der Waals surface area contributed by atoms with E-state index in [9.17, 15) is 4.39 Å². The number of hydrogen-bond donors (Lipinski definition) is 1. The molecule has 1 saturated heterocycles. The maximum atomic E-state index is 12.2. The summed E-state index contributed by atoms with van der Waals surface area (Å²) in [6, 6.07) is 0. The van der Waals surface area contributed by atoms with E-state index < -0.39 is 0 Å². The quantitative estimate of drug-likeness (QED) is 0.778. The lowest BCUT2D eigenvalue weighted by Crippen LogP contribution is -2.28. The molecule has 1 fully saturated rings. The summed E-state index contributed by atoms with van der Waals surface area (Å²) < 4.78 is 13.9. The first-order chi connectivity index (χ1) is 6.92. The van der Waals surface area contributed by atoms with Gasteiger partial charge in [0.25, 0.3) is 0 Å². The molecule has 0 unspecified atom stereocenters. The highest BCUT2D eigenvalue weighted by atomic mass is 19.1. The number of alkyl halides is 1. The van der Waals surface area contributed by atoms with Gasteiger partial charge in [0.1, 0.15) is 6.67 Å². The number of halogens is 1. The lowest BCUT2D eigenvalue weighted by atomic mass is 9.95. The zero-order valence-corrected chi connectivity index (χ0v) is 8.12. The van der Waals surface area contributed by atoms with Crippen molar-refractivity contribution in [3.63, 3.8) is 0 Å². The third kappa shape index (κ3) is 1.92. The van der Waals surface area contributed by atoms with Gasteiger partial charge in [-0.2, -0.15) is 0 Å². The number of nitrogens with one attached hydrogen (secondary N) is 1. The highest BCUT2D eigenvalue weighted by molar-refractivity contribution is 5.04. The summed E-state index contributed by atoms with van der Waals surface area (Å²) in [4.78, 5) is 0. The van der Waals surface area contributed by atoms with Gasteiger partial charge in [-0.15, -0.1) is 5.10 Å². The van der Waals surface area contributed by atoms with Crippen LogP contribution in [0.15, 0.2) is 6.20 Å². The molecule has 0 aliphatic carbocycles. The van der Waals surface area contributed by atoms with Crippen LogP contribution in [0.4, 0.5) is 4.39 Å². The Balaban J connectivity index is 2.09. The molecule has 2 heterocycles. The SMILES string of the molecule is FCCn1nncc1C1CCNCC1. The molecule has 1 aliphatic heterocycles. The number of piperidine rings is 1. The van der Waals surface area contributed by atoms with Gasteiger partial charge in [-0.05, 0) is 25.9 Å². The summed E-state index contributed by atoms with van der Waals surface area (Å²) in [5.74, 6) is 0.498. The van der Waals surface area contributed by atoms with E-state index in [1.807, 2.05) is 0 Å². The highest BCUT2D eigenvalue weighted by Gasteiger charge is 2.19. The first-order valence-electron chi connectivity index (χ1n) is 5.07. The lowest BCUT2D eigenvalue weighted by Gasteiger charge is -2.22. The molecule has 78 valence electrons. The molecule has 0 radical (unpaired) electrons. The van der Waals surface area contributed by atoms with E-state index in [4.69, 9.17) is 0 Å². The minimum atomic E-state index is -0.374. The van der Waals surface area contributed by atoms with Crippen molar-refractivity contribution in [2.24, 2.45) is 0 Å². The predicted molar refractivity (Wildman–Crippen MR) is 50.8 cm³/mol. The second-order valence-corrected chi connectivity index (χ2v) is 3.60. The van der Waals surface area contributed by atoms with Crippen molar-refractivity contribution in [3.8, 4) is 0 Å². The third-order valence-corrected chi connectivity index (χ3v) is 2.70. The molecule has 1 aliphatic rings. The Morgan fingerprint density at radius 1 is 1.50 bits per heavy atom. The fourth-order valence-corrected chi connectivity index (χ4v) is 1.95. The maximum Gasteiger partial charge on any atom is 0.109 e. The summed E-state index contributed by atoms with van der Waals surface area (Å²) in [5.41, 5.74) is 1.09. The van der Waals surface area contributed by atoms with Gasteiger partial charge in [-0.3, -0.25) is 0 Å². The molecule has 0 bridgehead atoms. The number of rotatable bonds is 3. The highest BCUT2D eigenvalue weighted by Crippen LogP contribution is 2.23. The van der Waals surface area contributed by atoms with Crippen LogP contribution in [-0.4, -0.2) is 34.8 Å². The number of aromatic nitrogens is 3. The van der Waals surface area contributed by atoms with Gasteiger partial charge in [-0.25, -0.2) is 9.07 Å². The van der Waals surface area contributed by atoms with E-state index >= 15 is 0 Å². The number of nitrogens with zero attached hydrogens (tertiary/aromatic N) is 3. The monoisotopic (exact) mass is 198 g/mol. The van der Waals surface area contributed by atoms with E-state index in [-0.39, 0.29) is 6.67 Å². The van der Waals surface area contributed by atoms with Gasteiger partial charge in [0.2, 0.25) is 0 Å². The van der Waals surface area contributed by atoms with E-state index in [0.29, 0.717) is 12.5 Å². The second-order valence-electron chi connectivity index (χ2n) is 3.60. The Morgan fingerprint density at radius 2 is 2.29 bits per heavy atom. The molecule has 14 heavy (non-hydrogen) atoms. The van der Waals surface area contributed by atoms with E-state index in [1.54, 1.807) is 10.9 Å². The van der Waals surface area contributed by atoms with Crippen molar-refractivity contribution in [2.75, 3.05) is 19.8 Å². The molecular formula is C9H15FN4. The van der Waals surface area contributed by atoms with Crippen LogP contribution in [0.5, 0.6) is 0 Å². The summed E-state index contributed by atoms with van der Waals surface area (Å²) in [7, 11) is 0. The first-order valence-corrected chi connectivity index (χ1v) is 5.07. The molecule has 5 heteroatoms. The fourth-order valence-electron chi connectivity index (χ4n) is 1.95. The first kappa shape index (κ1) is 9.58. The fraction of sp³-hybridized carbons (Fsp3) is 0.778. The molecule has 0 aromatic carbocycles. The van der Waals surface area contributed by atoms with Crippen LogP contribution in [0, 0.1) is 0 Å². The molecule has 0 spiro atoms. The summed E-state index contributed by atoms with van der Waals surface area (Å²) in [6.45, 7) is 2.03. The number of aryl methyl sites for hydroxylation is 1. The van der Waals surface area contributed by atoms with Crippen LogP contribution in [0.3, 0.4) is 0 Å². The molecule has 0 atom stereocenters. The van der Waals surface area contributed by atoms with Gasteiger partial charge >= 0.3 is 0 Å². The van der Waals surface area contributed by atoms with Crippen molar-refractivity contribution in [1.29, 1.82) is 0 Å². The van der Waals surface area contributed by atoms with Crippen molar-refractivity contribution < 1.29 is 4.39 Å². The Bertz CT molecular complexity index is 280. The van der Waals surface area contributed by atoms with Gasteiger partial charge in [0, 0.05) is 5.92 Å². The summed E-state index contributed by atoms with van der Waals surface area (Å²) >= 11 is 0. The van der Waals surface area contributed by atoms with Crippen LogP contribution in [0.25, 0.3) is 0 Å². The number of hydrogen-bond acceptors (Lipinski definition) is 3. The second kappa shape index (κ2) is 4.50. The molecule has 4 nitrogen and oxygen atoms in total. The van der Waals surface area contributed by atoms with Gasteiger partial charge in [0.05, 0.1) is 18.4 Å². The molecule has 2 rings (SSSR count). The molecule has 1 aromatic heterocycles. The smallest absolute Gasteiger partial charge is 0.109 e. The minimum absolute atomic E-state index is 0.333. The molecule has 1 N–H and O–H groups in total. The lowest BCUT2D eigenvalue weighted by molar-refractivity contribution is 0.388. The topological polar surface area (TPSA) is 42.7 Å². The average molecular weight is 198 g/mol. The van der Waals surface area contributed by atoms with Gasteiger partial charge in [0.15, 0.2) is 0 Å². The summed E-state index contributed by atoms with van der Waals surface area (Å²) in [5, 5.41) is 11.0. The third-order valence-electron chi connectivity index (χ3n) is 2.70. The molecular weight excluding hydrogens is 183 g/mol. The molecule has 0 amide bonds. The van der Waals surface area contributed by atoms with Crippen LogP contribution in [0.2, 0.25) is 0 Å². The Morgan fingerprint density at radius 3 is 3.00 bits per heavy atom. The standard InChI is InChI=1S/C9H15FN4/c10-3-6-14-9(7-12-13-14)8-1-4-11-5-2-8/h7-8,11H,1-6H2.